The number of nitrogens with zero attached hydrogens (tertiary/aromatic N) is 1. The number of para-hydroxylation sites is 1. The number of aryl methyl sites for hydroxylation is 2. The van der Waals surface area contributed by atoms with Crippen LogP contribution in [0.4, 0.5) is 0 Å². The Balaban J connectivity index is 1.69. The molecule has 0 spiro atoms. The first-order valence-electron chi connectivity index (χ1n) is 8.58. The Hall–Kier alpha value is -2.30. The lowest BCUT2D eigenvalue weighted by atomic mass is 9.95. The average molecular weight is 327 g/mol. The number of hydrogen-bond acceptors (Lipinski definition) is 3. The summed E-state index contributed by atoms with van der Waals surface area (Å²) in [5.74, 6) is 1.10. The van der Waals surface area contributed by atoms with Gasteiger partial charge in [0.25, 0.3) is 0 Å². The van der Waals surface area contributed by atoms with Crippen LogP contribution in [0.1, 0.15) is 60.7 Å². The molecule has 0 fully saturated rings. The van der Waals surface area contributed by atoms with Crippen LogP contribution >= 0.6 is 0 Å². The predicted molar refractivity (Wildman–Crippen MR) is 93.1 cm³/mol. The Labute approximate surface area is 142 Å². The van der Waals surface area contributed by atoms with Gasteiger partial charge in [0.15, 0.2) is 0 Å². The molecule has 2 atom stereocenters. The molecule has 5 heteroatoms. The standard InChI is InChI=1S/C19H25N3O2/c1-12(19-13(2)21-22-14(19)3)11-18(23)20-16-8-6-10-24-17-9-5-4-7-15(16)17/h4-5,7,9,12,16H,6,8,10-11H2,1-3H3,(H,20,23)(H,21,22)/t12-,16+/m0/s1. The number of rotatable bonds is 4. The number of amides is 1. The summed E-state index contributed by atoms with van der Waals surface area (Å²) in [4.78, 5) is 12.6. The van der Waals surface area contributed by atoms with Crippen molar-refractivity contribution >= 4 is 5.91 Å². The second-order valence-corrected chi connectivity index (χ2v) is 6.60. The fourth-order valence-corrected chi connectivity index (χ4v) is 3.59. The van der Waals surface area contributed by atoms with Crippen LogP contribution in [0.3, 0.4) is 0 Å². The zero-order valence-electron chi connectivity index (χ0n) is 14.6. The minimum Gasteiger partial charge on any atom is -0.493 e. The van der Waals surface area contributed by atoms with Crippen molar-refractivity contribution in [1.82, 2.24) is 15.5 Å². The van der Waals surface area contributed by atoms with E-state index in [1.807, 2.05) is 38.1 Å². The van der Waals surface area contributed by atoms with Crippen molar-refractivity contribution in [3.8, 4) is 5.75 Å². The maximum atomic E-state index is 12.6. The monoisotopic (exact) mass is 327 g/mol. The van der Waals surface area contributed by atoms with Crippen molar-refractivity contribution < 1.29 is 9.53 Å². The third kappa shape index (κ3) is 3.45. The lowest BCUT2D eigenvalue weighted by Crippen LogP contribution is -2.29. The molecule has 0 bridgehead atoms. The molecule has 0 unspecified atom stereocenters. The summed E-state index contributed by atoms with van der Waals surface area (Å²) in [6.45, 7) is 6.76. The van der Waals surface area contributed by atoms with Crippen LogP contribution in [0.15, 0.2) is 24.3 Å². The zero-order chi connectivity index (χ0) is 17.1. The molecular weight excluding hydrogens is 302 g/mol. The van der Waals surface area contributed by atoms with Crippen molar-refractivity contribution in [2.45, 2.75) is 52.0 Å². The lowest BCUT2D eigenvalue weighted by molar-refractivity contribution is -0.122. The Morgan fingerprint density at radius 1 is 1.42 bits per heavy atom. The predicted octanol–water partition coefficient (Wildman–Crippen LogP) is 3.55. The van der Waals surface area contributed by atoms with Crippen LogP contribution in [0.2, 0.25) is 0 Å². The first-order valence-corrected chi connectivity index (χ1v) is 8.58. The number of carbonyl (C=O) groups excluding carboxylic acids is 1. The number of H-pyrrole nitrogens is 1. The highest BCUT2D eigenvalue weighted by Crippen LogP contribution is 2.32. The molecule has 1 aromatic heterocycles. The summed E-state index contributed by atoms with van der Waals surface area (Å²) < 4.78 is 5.77. The van der Waals surface area contributed by atoms with Gasteiger partial charge in [0, 0.05) is 17.7 Å². The number of benzene rings is 1. The zero-order valence-corrected chi connectivity index (χ0v) is 14.6. The Morgan fingerprint density at radius 3 is 2.96 bits per heavy atom. The molecule has 0 saturated carbocycles. The summed E-state index contributed by atoms with van der Waals surface area (Å²) in [7, 11) is 0. The third-order valence-electron chi connectivity index (χ3n) is 4.69. The van der Waals surface area contributed by atoms with E-state index in [0.717, 1.165) is 41.1 Å². The molecule has 24 heavy (non-hydrogen) atoms. The highest BCUT2D eigenvalue weighted by Gasteiger charge is 2.23. The molecule has 2 aromatic rings. The smallest absolute Gasteiger partial charge is 0.221 e. The molecule has 1 aromatic carbocycles. The number of nitrogens with one attached hydrogen (secondary N) is 2. The molecule has 0 saturated heterocycles. The van der Waals surface area contributed by atoms with E-state index in [2.05, 4.69) is 22.4 Å². The molecule has 5 nitrogen and oxygen atoms in total. The van der Waals surface area contributed by atoms with Crippen molar-refractivity contribution in [2.75, 3.05) is 6.61 Å². The molecule has 0 aliphatic carbocycles. The minimum absolute atomic E-state index is 0.0231. The summed E-state index contributed by atoms with van der Waals surface area (Å²) >= 11 is 0. The highest BCUT2D eigenvalue weighted by molar-refractivity contribution is 5.77. The Kier molecular flexibility index (Phi) is 4.88. The van der Waals surface area contributed by atoms with Crippen molar-refractivity contribution in [3.63, 3.8) is 0 Å². The minimum atomic E-state index is 0.0231. The molecule has 0 radical (unpaired) electrons. The molecule has 2 N–H and O–H groups in total. The largest absolute Gasteiger partial charge is 0.493 e. The van der Waals surface area contributed by atoms with E-state index in [1.165, 1.54) is 0 Å². The number of aromatic amines is 1. The number of fused-ring (bicyclic) bond motifs is 1. The molecule has 1 aliphatic rings. The van der Waals surface area contributed by atoms with Crippen LogP contribution in [0.25, 0.3) is 0 Å². The second kappa shape index (κ2) is 7.07. The van der Waals surface area contributed by atoms with Crippen LogP contribution in [-0.4, -0.2) is 22.7 Å². The fraction of sp³-hybridized carbons (Fsp3) is 0.474. The fourth-order valence-electron chi connectivity index (χ4n) is 3.59. The number of aromatic nitrogens is 2. The van der Waals surface area contributed by atoms with Gasteiger partial charge >= 0.3 is 0 Å². The number of hydrogen-bond donors (Lipinski definition) is 2. The topological polar surface area (TPSA) is 67.0 Å². The summed E-state index contributed by atoms with van der Waals surface area (Å²) in [6.07, 6.45) is 2.30. The third-order valence-corrected chi connectivity index (χ3v) is 4.69. The van der Waals surface area contributed by atoms with E-state index in [4.69, 9.17) is 4.74 Å². The van der Waals surface area contributed by atoms with Gasteiger partial charge < -0.3 is 10.1 Å². The van der Waals surface area contributed by atoms with Gasteiger partial charge in [-0.2, -0.15) is 5.10 Å². The molecule has 1 amide bonds. The van der Waals surface area contributed by atoms with Gasteiger partial charge in [-0.05, 0) is 44.2 Å². The quantitative estimate of drug-likeness (QED) is 0.902. The van der Waals surface area contributed by atoms with E-state index in [-0.39, 0.29) is 17.9 Å². The van der Waals surface area contributed by atoms with Crippen LogP contribution in [0.5, 0.6) is 5.75 Å². The number of carbonyl (C=O) groups is 1. The summed E-state index contributed by atoms with van der Waals surface area (Å²) in [5.41, 5.74) is 4.24. The van der Waals surface area contributed by atoms with Crippen LogP contribution < -0.4 is 10.1 Å². The second-order valence-electron chi connectivity index (χ2n) is 6.60. The average Bonchev–Trinajstić information content (AvgIpc) is 2.77. The Bertz CT molecular complexity index is 704. The number of ether oxygens (including phenoxy) is 1. The van der Waals surface area contributed by atoms with Gasteiger partial charge in [0.1, 0.15) is 5.75 Å². The SMILES string of the molecule is Cc1n[nH]c(C)c1[C@@H](C)CC(=O)N[C@@H]1CCCOc2ccccc21. The maximum absolute atomic E-state index is 12.6. The van der Waals surface area contributed by atoms with E-state index in [9.17, 15) is 4.79 Å². The van der Waals surface area contributed by atoms with E-state index >= 15 is 0 Å². The van der Waals surface area contributed by atoms with E-state index in [0.29, 0.717) is 13.0 Å². The summed E-state index contributed by atoms with van der Waals surface area (Å²) in [5, 5.41) is 10.4. The van der Waals surface area contributed by atoms with Crippen molar-refractivity contribution in [1.29, 1.82) is 0 Å². The van der Waals surface area contributed by atoms with Gasteiger partial charge in [-0.25, -0.2) is 0 Å². The van der Waals surface area contributed by atoms with Crippen molar-refractivity contribution in [2.24, 2.45) is 0 Å². The molecule has 128 valence electrons. The lowest BCUT2D eigenvalue weighted by Gasteiger charge is -2.20. The van der Waals surface area contributed by atoms with Crippen LogP contribution in [0, 0.1) is 13.8 Å². The van der Waals surface area contributed by atoms with E-state index in [1.54, 1.807) is 0 Å². The van der Waals surface area contributed by atoms with E-state index < -0.39 is 0 Å². The maximum Gasteiger partial charge on any atom is 0.221 e. The van der Waals surface area contributed by atoms with Crippen LogP contribution in [-0.2, 0) is 4.79 Å². The highest BCUT2D eigenvalue weighted by atomic mass is 16.5. The van der Waals surface area contributed by atoms with Gasteiger partial charge in [-0.1, -0.05) is 25.1 Å². The normalized spacial score (nSPS) is 18.2. The van der Waals surface area contributed by atoms with Gasteiger partial charge in [0.05, 0.1) is 18.3 Å². The molecule has 1 aliphatic heterocycles. The first kappa shape index (κ1) is 16.6. The van der Waals surface area contributed by atoms with Gasteiger partial charge in [-0.3, -0.25) is 9.89 Å². The molecular formula is C19H25N3O2. The molecule has 2 heterocycles. The van der Waals surface area contributed by atoms with Crippen molar-refractivity contribution in [3.05, 3.63) is 46.8 Å². The summed E-state index contributed by atoms with van der Waals surface area (Å²) in [6, 6.07) is 8.00. The Morgan fingerprint density at radius 2 is 2.21 bits per heavy atom. The molecule has 3 rings (SSSR count). The van der Waals surface area contributed by atoms with Gasteiger partial charge in [-0.15, -0.1) is 0 Å². The first-order chi connectivity index (χ1) is 11.6. The van der Waals surface area contributed by atoms with Gasteiger partial charge in [0.2, 0.25) is 5.91 Å².